The molecule has 0 bridgehead atoms. The first-order valence-corrected chi connectivity index (χ1v) is 11.8. The van der Waals surface area contributed by atoms with Gasteiger partial charge in [-0.2, -0.15) is 0 Å². The molecule has 0 aliphatic carbocycles. The van der Waals surface area contributed by atoms with Crippen molar-refractivity contribution in [3.63, 3.8) is 0 Å². The fraction of sp³-hybridized carbons (Fsp3) is 0.161. The van der Waals surface area contributed by atoms with Gasteiger partial charge < -0.3 is 4.74 Å². The average molecular weight is 525 g/mol. The van der Waals surface area contributed by atoms with Crippen LogP contribution < -0.4 is 4.74 Å². The van der Waals surface area contributed by atoms with Gasteiger partial charge in [0.1, 0.15) is 5.82 Å². The van der Waals surface area contributed by atoms with Gasteiger partial charge in [0.15, 0.2) is 11.6 Å². The van der Waals surface area contributed by atoms with Crippen molar-refractivity contribution in [3.05, 3.63) is 125 Å². The minimum Gasteiger partial charge on any atom is -0.399 e. The fourth-order valence-corrected chi connectivity index (χ4v) is 4.01. The van der Waals surface area contributed by atoms with Gasteiger partial charge in [-0.25, -0.2) is 13.2 Å². The predicted molar refractivity (Wildman–Crippen MR) is 135 cm³/mol. The van der Waals surface area contributed by atoms with E-state index in [2.05, 4.69) is 47.4 Å². The molecule has 4 aromatic rings. The number of hydrogen-bond acceptors (Lipinski definition) is 1. The largest absolute Gasteiger partial charge is 0.573 e. The van der Waals surface area contributed by atoms with Gasteiger partial charge in [-0.15, -0.1) is 19.8 Å². The van der Waals surface area contributed by atoms with E-state index in [1.165, 1.54) is 17.2 Å². The SMILES string of the molecule is C=CCCc1ccc(CCc2ccc3c(F)c(C#Cc4cc(F)c(OC(F)(F)F)c(F)c4)ccc3c2)cc1. The van der Waals surface area contributed by atoms with Crippen LogP contribution in [-0.2, 0) is 19.3 Å². The molecule has 0 heterocycles. The standard InChI is InChI=1S/C31H22F6O/c1-2-3-4-20-5-7-21(8-6-20)9-10-22-12-16-26-25(17-22)15-14-24(29(26)34)13-11-23-18-27(32)30(28(33)19-23)38-31(35,36)37/h2,5-8,12,14-19H,1,3-4,9-10H2. The second kappa shape index (κ2) is 11.5. The van der Waals surface area contributed by atoms with Crippen molar-refractivity contribution in [2.75, 3.05) is 0 Å². The maximum atomic E-state index is 15.1. The van der Waals surface area contributed by atoms with Crippen molar-refractivity contribution in [2.45, 2.75) is 32.0 Å². The molecule has 0 radical (unpaired) electrons. The maximum Gasteiger partial charge on any atom is 0.573 e. The Kier molecular flexibility index (Phi) is 8.11. The highest BCUT2D eigenvalue weighted by atomic mass is 19.4. The molecule has 0 saturated heterocycles. The summed E-state index contributed by atoms with van der Waals surface area (Å²) in [5.74, 6) is -0.424. The van der Waals surface area contributed by atoms with E-state index in [-0.39, 0.29) is 11.1 Å². The van der Waals surface area contributed by atoms with Gasteiger partial charge in [0.25, 0.3) is 0 Å². The third kappa shape index (κ3) is 6.77. The summed E-state index contributed by atoms with van der Waals surface area (Å²) >= 11 is 0. The van der Waals surface area contributed by atoms with E-state index in [1.54, 1.807) is 12.1 Å². The quantitative estimate of drug-likeness (QED) is 0.134. The molecule has 4 aromatic carbocycles. The lowest BCUT2D eigenvalue weighted by Crippen LogP contribution is -2.19. The van der Waals surface area contributed by atoms with E-state index in [1.807, 2.05) is 18.2 Å². The number of ether oxygens (including phenoxy) is 1. The first-order valence-electron chi connectivity index (χ1n) is 11.8. The zero-order valence-electron chi connectivity index (χ0n) is 20.1. The highest BCUT2D eigenvalue weighted by molar-refractivity contribution is 5.85. The Morgan fingerprint density at radius 3 is 1.97 bits per heavy atom. The molecule has 38 heavy (non-hydrogen) atoms. The molecule has 0 amide bonds. The molecule has 0 fully saturated rings. The van der Waals surface area contributed by atoms with Crippen LogP contribution in [0, 0.1) is 29.3 Å². The van der Waals surface area contributed by atoms with Crippen molar-refractivity contribution in [2.24, 2.45) is 0 Å². The number of alkyl halides is 3. The van der Waals surface area contributed by atoms with Gasteiger partial charge in [0, 0.05) is 10.9 Å². The summed E-state index contributed by atoms with van der Waals surface area (Å²) in [6, 6.07) is 18.2. The van der Waals surface area contributed by atoms with Crippen LogP contribution in [0.1, 0.15) is 34.2 Å². The first kappa shape index (κ1) is 26.9. The summed E-state index contributed by atoms with van der Waals surface area (Å²) < 4.78 is 83.2. The van der Waals surface area contributed by atoms with Crippen LogP contribution >= 0.6 is 0 Å². The molecule has 0 saturated carbocycles. The molecular weight excluding hydrogens is 502 g/mol. The second-order valence-corrected chi connectivity index (χ2v) is 8.69. The number of aryl methyl sites for hydroxylation is 3. The van der Waals surface area contributed by atoms with Crippen molar-refractivity contribution < 1.29 is 31.1 Å². The lowest BCUT2D eigenvalue weighted by molar-refractivity contribution is -0.276. The minimum atomic E-state index is -5.25. The van der Waals surface area contributed by atoms with E-state index in [4.69, 9.17) is 0 Å². The Bertz CT molecular complexity index is 1500. The highest BCUT2D eigenvalue weighted by Crippen LogP contribution is 2.29. The minimum absolute atomic E-state index is 0.0155. The van der Waals surface area contributed by atoms with E-state index >= 15 is 4.39 Å². The maximum absolute atomic E-state index is 15.1. The molecule has 194 valence electrons. The van der Waals surface area contributed by atoms with E-state index < -0.39 is 29.6 Å². The summed E-state index contributed by atoms with van der Waals surface area (Å²) in [6.07, 6.45) is 0.150. The summed E-state index contributed by atoms with van der Waals surface area (Å²) in [6.45, 7) is 3.74. The number of hydrogen-bond donors (Lipinski definition) is 0. The van der Waals surface area contributed by atoms with Gasteiger partial charge in [-0.1, -0.05) is 66.4 Å². The monoisotopic (exact) mass is 524 g/mol. The summed E-state index contributed by atoms with van der Waals surface area (Å²) in [5, 5.41) is 1.01. The zero-order valence-corrected chi connectivity index (χ0v) is 20.1. The number of allylic oxidation sites excluding steroid dienone is 1. The Morgan fingerprint density at radius 1 is 0.737 bits per heavy atom. The number of halogens is 6. The molecule has 1 nitrogen and oxygen atoms in total. The van der Waals surface area contributed by atoms with Gasteiger partial charge in [-0.3, -0.25) is 0 Å². The zero-order chi connectivity index (χ0) is 27.3. The predicted octanol–water partition coefficient (Wildman–Crippen LogP) is 8.46. The van der Waals surface area contributed by atoms with Crippen LogP contribution in [0.2, 0.25) is 0 Å². The van der Waals surface area contributed by atoms with Crippen LogP contribution in [-0.4, -0.2) is 6.36 Å². The molecule has 0 atom stereocenters. The number of fused-ring (bicyclic) bond motifs is 1. The molecule has 0 spiro atoms. The third-order valence-corrected chi connectivity index (χ3v) is 5.94. The van der Waals surface area contributed by atoms with Crippen LogP contribution in [0.15, 0.2) is 79.4 Å². The fourth-order valence-electron chi connectivity index (χ4n) is 4.01. The van der Waals surface area contributed by atoms with E-state index in [9.17, 15) is 22.0 Å². The van der Waals surface area contributed by atoms with E-state index in [0.717, 1.165) is 31.2 Å². The van der Waals surface area contributed by atoms with Crippen LogP contribution in [0.4, 0.5) is 26.3 Å². The Balaban J connectivity index is 1.49. The number of benzene rings is 4. The lowest BCUT2D eigenvalue weighted by atomic mass is 9.98. The molecular formula is C31H22F6O. The van der Waals surface area contributed by atoms with Crippen LogP contribution in [0.25, 0.3) is 10.8 Å². The lowest BCUT2D eigenvalue weighted by Gasteiger charge is -2.10. The molecule has 0 aliphatic heterocycles. The molecule has 0 aliphatic rings. The van der Waals surface area contributed by atoms with Crippen LogP contribution in [0.5, 0.6) is 5.75 Å². The Morgan fingerprint density at radius 2 is 1.34 bits per heavy atom. The van der Waals surface area contributed by atoms with Gasteiger partial charge in [-0.05, 0) is 66.0 Å². The highest BCUT2D eigenvalue weighted by Gasteiger charge is 2.34. The molecule has 0 aromatic heterocycles. The third-order valence-electron chi connectivity index (χ3n) is 5.94. The molecule has 4 rings (SSSR count). The van der Waals surface area contributed by atoms with Gasteiger partial charge in [0.05, 0.1) is 5.56 Å². The van der Waals surface area contributed by atoms with Crippen molar-refractivity contribution in [1.82, 2.24) is 0 Å². The van der Waals surface area contributed by atoms with Crippen molar-refractivity contribution >= 4 is 10.8 Å². The normalized spacial score (nSPS) is 11.2. The summed E-state index contributed by atoms with van der Waals surface area (Å²) in [7, 11) is 0. The molecule has 0 unspecified atom stereocenters. The molecule has 7 heteroatoms. The second-order valence-electron chi connectivity index (χ2n) is 8.69. The smallest absolute Gasteiger partial charge is 0.399 e. The molecule has 0 N–H and O–H groups in total. The van der Waals surface area contributed by atoms with Crippen LogP contribution in [0.3, 0.4) is 0 Å². The average Bonchev–Trinajstić information content (AvgIpc) is 2.88. The van der Waals surface area contributed by atoms with Crippen molar-refractivity contribution in [1.29, 1.82) is 0 Å². The number of rotatable bonds is 7. The van der Waals surface area contributed by atoms with Gasteiger partial charge in [0.2, 0.25) is 5.75 Å². The topological polar surface area (TPSA) is 9.23 Å². The summed E-state index contributed by atoms with van der Waals surface area (Å²) in [5.41, 5.74) is 3.22. The van der Waals surface area contributed by atoms with Crippen molar-refractivity contribution in [3.8, 4) is 17.6 Å². The van der Waals surface area contributed by atoms with Gasteiger partial charge >= 0.3 is 6.36 Å². The summed E-state index contributed by atoms with van der Waals surface area (Å²) in [4.78, 5) is 0. The Labute approximate surface area is 216 Å². The first-order chi connectivity index (χ1) is 18.1. The Hall–Kier alpha value is -4.18. The van der Waals surface area contributed by atoms with E-state index in [0.29, 0.717) is 22.9 Å².